The first-order valence-corrected chi connectivity index (χ1v) is 8.85. The Hall–Kier alpha value is -1.43. The minimum absolute atomic E-state index is 0.0183. The Morgan fingerprint density at radius 2 is 2.12 bits per heavy atom. The highest BCUT2D eigenvalue weighted by Crippen LogP contribution is 2.13. The van der Waals surface area contributed by atoms with Crippen molar-refractivity contribution in [2.75, 3.05) is 26.3 Å². The minimum Gasteiger partial charge on any atom is -0.394 e. The fourth-order valence-electron chi connectivity index (χ4n) is 3.13. The maximum absolute atomic E-state index is 12.2. The van der Waals surface area contributed by atoms with E-state index in [0.29, 0.717) is 18.9 Å². The molecule has 2 atom stereocenters. The highest BCUT2D eigenvalue weighted by molar-refractivity contribution is 5.76. The molecule has 0 bridgehead atoms. The zero-order valence-corrected chi connectivity index (χ0v) is 14.8. The summed E-state index contributed by atoms with van der Waals surface area (Å²) in [5.74, 6) is 0.399. The molecule has 1 amide bonds. The molecule has 0 spiro atoms. The molecule has 24 heavy (non-hydrogen) atoms. The highest BCUT2D eigenvalue weighted by Gasteiger charge is 2.24. The van der Waals surface area contributed by atoms with Gasteiger partial charge in [0, 0.05) is 19.6 Å². The van der Waals surface area contributed by atoms with Crippen LogP contribution in [-0.4, -0.2) is 54.4 Å². The molecule has 1 saturated heterocycles. The number of rotatable bonds is 8. The summed E-state index contributed by atoms with van der Waals surface area (Å²) in [6, 6.07) is 10.2. The summed E-state index contributed by atoms with van der Waals surface area (Å²) >= 11 is 0. The monoisotopic (exact) mass is 334 g/mol. The number of carbonyl (C=O) groups is 1. The van der Waals surface area contributed by atoms with E-state index in [2.05, 4.69) is 36.2 Å². The topological polar surface area (TPSA) is 61.8 Å². The average molecular weight is 334 g/mol. The van der Waals surface area contributed by atoms with Gasteiger partial charge in [-0.2, -0.15) is 0 Å². The van der Waals surface area contributed by atoms with E-state index in [4.69, 9.17) is 4.74 Å². The SMILES string of the molecule is CC(C)CC(CO)NC(=O)CC1CN(Cc2ccccc2)CCO1. The molecule has 2 rings (SSSR count). The largest absolute Gasteiger partial charge is 0.394 e. The lowest BCUT2D eigenvalue weighted by Gasteiger charge is -2.33. The second-order valence-electron chi connectivity index (χ2n) is 6.99. The van der Waals surface area contributed by atoms with Gasteiger partial charge in [-0.15, -0.1) is 0 Å². The first kappa shape index (κ1) is 18.9. The Kier molecular flexibility index (Phi) is 7.69. The second kappa shape index (κ2) is 9.77. The van der Waals surface area contributed by atoms with Gasteiger partial charge in [0.05, 0.1) is 31.8 Å². The lowest BCUT2D eigenvalue weighted by Crippen LogP contribution is -2.46. The van der Waals surface area contributed by atoms with Crippen LogP contribution in [0.25, 0.3) is 0 Å². The fourth-order valence-corrected chi connectivity index (χ4v) is 3.13. The molecule has 1 aromatic carbocycles. The van der Waals surface area contributed by atoms with Gasteiger partial charge in [-0.3, -0.25) is 9.69 Å². The number of aliphatic hydroxyl groups is 1. The van der Waals surface area contributed by atoms with Crippen LogP contribution in [0, 0.1) is 5.92 Å². The molecule has 5 heteroatoms. The summed E-state index contributed by atoms with van der Waals surface area (Å²) < 4.78 is 5.75. The standard InChI is InChI=1S/C19H30N2O3/c1-15(2)10-17(14-22)20-19(23)11-18-13-21(8-9-24-18)12-16-6-4-3-5-7-16/h3-7,15,17-18,22H,8-14H2,1-2H3,(H,20,23). The zero-order chi connectivity index (χ0) is 17.4. The number of benzene rings is 1. The van der Waals surface area contributed by atoms with Crippen molar-refractivity contribution in [3.63, 3.8) is 0 Å². The molecule has 5 nitrogen and oxygen atoms in total. The van der Waals surface area contributed by atoms with Crippen LogP contribution in [0.1, 0.15) is 32.3 Å². The molecule has 1 aliphatic heterocycles. The van der Waals surface area contributed by atoms with Gasteiger partial charge in [-0.05, 0) is 17.9 Å². The number of aliphatic hydroxyl groups excluding tert-OH is 1. The van der Waals surface area contributed by atoms with E-state index in [1.165, 1.54) is 5.56 Å². The number of ether oxygens (including phenoxy) is 1. The fraction of sp³-hybridized carbons (Fsp3) is 0.632. The third-order valence-corrected chi connectivity index (χ3v) is 4.23. The van der Waals surface area contributed by atoms with Gasteiger partial charge in [0.2, 0.25) is 5.91 Å². The summed E-state index contributed by atoms with van der Waals surface area (Å²) in [7, 11) is 0. The van der Waals surface area contributed by atoms with Crippen molar-refractivity contribution in [1.29, 1.82) is 0 Å². The van der Waals surface area contributed by atoms with E-state index in [0.717, 1.165) is 26.1 Å². The predicted molar refractivity (Wildman–Crippen MR) is 94.5 cm³/mol. The van der Waals surface area contributed by atoms with Crippen molar-refractivity contribution in [2.45, 2.75) is 45.4 Å². The van der Waals surface area contributed by atoms with Crippen LogP contribution in [0.3, 0.4) is 0 Å². The molecule has 0 aliphatic carbocycles. The maximum Gasteiger partial charge on any atom is 0.222 e. The lowest BCUT2D eigenvalue weighted by molar-refractivity contribution is -0.127. The summed E-state index contributed by atoms with van der Waals surface area (Å²) in [6.45, 7) is 7.33. The van der Waals surface area contributed by atoms with Gasteiger partial charge in [-0.25, -0.2) is 0 Å². The second-order valence-corrected chi connectivity index (χ2v) is 6.99. The summed E-state index contributed by atoms with van der Waals surface area (Å²) in [6.07, 6.45) is 1.05. The third kappa shape index (κ3) is 6.59. The van der Waals surface area contributed by atoms with Crippen molar-refractivity contribution in [2.24, 2.45) is 5.92 Å². The van der Waals surface area contributed by atoms with Crippen LogP contribution in [-0.2, 0) is 16.1 Å². The number of nitrogens with zero attached hydrogens (tertiary/aromatic N) is 1. The smallest absolute Gasteiger partial charge is 0.222 e. The van der Waals surface area contributed by atoms with Gasteiger partial charge < -0.3 is 15.2 Å². The Morgan fingerprint density at radius 3 is 2.79 bits per heavy atom. The molecule has 1 heterocycles. The van der Waals surface area contributed by atoms with Gasteiger partial charge >= 0.3 is 0 Å². The van der Waals surface area contributed by atoms with E-state index in [-0.39, 0.29) is 24.7 Å². The van der Waals surface area contributed by atoms with Crippen LogP contribution in [0.2, 0.25) is 0 Å². The molecule has 1 fully saturated rings. The van der Waals surface area contributed by atoms with E-state index < -0.39 is 0 Å². The van der Waals surface area contributed by atoms with Crippen LogP contribution in [0.4, 0.5) is 0 Å². The third-order valence-electron chi connectivity index (χ3n) is 4.23. The number of morpholine rings is 1. The minimum atomic E-state index is -0.165. The molecule has 2 N–H and O–H groups in total. The first-order chi connectivity index (χ1) is 11.6. The Bertz CT molecular complexity index is 493. The van der Waals surface area contributed by atoms with Gasteiger partial charge in [-0.1, -0.05) is 44.2 Å². The van der Waals surface area contributed by atoms with Crippen LogP contribution in [0.15, 0.2) is 30.3 Å². The lowest BCUT2D eigenvalue weighted by atomic mass is 10.0. The molecule has 1 aromatic rings. The number of amides is 1. The summed E-state index contributed by atoms with van der Waals surface area (Å²) in [5.41, 5.74) is 1.28. The number of carbonyl (C=O) groups excluding carboxylic acids is 1. The average Bonchev–Trinajstić information content (AvgIpc) is 2.55. The Labute approximate surface area is 145 Å². The van der Waals surface area contributed by atoms with Gasteiger partial charge in [0.25, 0.3) is 0 Å². The number of hydrogen-bond acceptors (Lipinski definition) is 4. The van der Waals surface area contributed by atoms with Crippen molar-refractivity contribution in [3.05, 3.63) is 35.9 Å². The number of nitrogens with one attached hydrogen (secondary N) is 1. The van der Waals surface area contributed by atoms with E-state index in [1.807, 2.05) is 18.2 Å². The van der Waals surface area contributed by atoms with Crippen LogP contribution >= 0.6 is 0 Å². The summed E-state index contributed by atoms with van der Waals surface area (Å²) in [4.78, 5) is 14.5. The first-order valence-electron chi connectivity index (χ1n) is 8.85. The van der Waals surface area contributed by atoms with E-state index in [1.54, 1.807) is 0 Å². The molecule has 0 radical (unpaired) electrons. The number of hydrogen-bond donors (Lipinski definition) is 2. The molecule has 134 valence electrons. The quantitative estimate of drug-likeness (QED) is 0.761. The Balaban J connectivity index is 1.78. The molecule has 2 unspecified atom stereocenters. The van der Waals surface area contributed by atoms with Crippen molar-refractivity contribution in [3.8, 4) is 0 Å². The molecular weight excluding hydrogens is 304 g/mol. The Morgan fingerprint density at radius 1 is 1.38 bits per heavy atom. The summed E-state index contributed by atoms with van der Waals surface area (Å²) in [5, 5.41) is 12.3. The highest BCUT2D eigenvalue weighted by atomic mass is 16.5. The normalized spacial score (nSPS) is 20.1. The zero-order valence-electron chi connectivity index (χ0n) is 14.8. The maximum atomic E-state index is 12.2. The van der Waals surface area contributed by atoms with Crippen LogP contribution < -0.4 is 5.32 Å². The van der Waals surface area contributed by atoms with Crippen LogP contribution in [0.5, 0.6) is 0 Å². The van der Waals surface area contributed by atoms with E-state index in [9.17, 15) is 9.90 Å². The van der Waals surface area contributed by atoms with Crippen molar-refractivity contribution < 1.29 is 14.6 Å². The van der Waals surface area contributed by atoms with Crippen molar-refractivity contribution in [1.82, 2.24) is 10.2 Å². The van der Waals surface area contributed by atoms with Gasteiger partial charge in [0.1, 0.15) is 0 Å². The molecular formula is C19H30N2O3. The van der Waals surface area contributed by atoms with E-state index >= 15 is 0 Å². The van der Waals surface area contributed by atoms with Crippen molar-refractivity contribution >= 4 is 5.91 Å². The molecule has 0 aromatic heterocycles. The molecule has 1 aliphatic rings. The predicted octanol–water partition coefficient (Wildman–Crippen LogP) is 1.80. The van der Waals surface area contributed by atoms with Gasteiger partial charge in [0.15, 0.2) is 0 Å². The molecule has 0 saturated carbocycles.